The van der Waals surface area contributed by atoms with Gasteiger partial charge in [-0.1, -0.05) is 13.8 Å². The molecule has 1 aliphatic heterocycles. The van der Waals surface area contributed by atoms with E-state index in [0.717, 1.165) is 36.8 Å². The van der Waals surface area contributed by atoms with Gasteiger partial charge < -0.3 is 10.2 Å². The van der Waals surface area contributed by atoms with Crippen LogP contribution < -0.4 is 5.32 Å². The van der Waals surface area contributed by atoms with Gasteiger partial charge in [0, 0.05) is 36.7 Å². The zero-order valence-electron chi connectivity index (χ0n) is 12.0. The zero-order chi connectivity index (χ0) is 13.0. The normalized spacial score (nSPS) is 26.3. The number of nitrogens with one attached hydrogen (secondary N) is 1. The Morgan fingerprint density at radius 2 is 2.22 bits per heavy atom. The highest BCUT2D eigenvalue weighted by Gasteiger charge is 2.27. The molecule has 0 bridgehead atoms. The average Bonchev–Trinajstić information content (AvgIpc) is 2.32. The fourth-order valence-corrected chi connectivity index (χ4v) is 3.69. The van der Waals surface area contributed by atoms with Crippen molar-refractivity contribution in [2.24, 2.45) is 10.9 Å². The smallest absolute Gasteiger partial charge is 0.194 e. The maximum absolute atomic E-state index is 4.69. The zero-order valence-corrected chi connectivity index (χ0v) is 12.8. The van der Waals surface area contributed by atoms with Crippen molar-refractivity contribution in [2.75, 3.05) is 25.4 Å². The monoisotopic (exact) mass is 269 g/mol. The maximum Gasteiger partial charge on any atom is 0.194 e. The Hall–Kier alpha value is -0.380. The molecule has 1 atom stereocenters. The van der Waals surface area contributed by atoms with Gasteiger partial charge in [-0.3, -0.25) is 4.99 Å². The van der Waals surface area contributed by atoms with Crippen LogP contribution in [0.2, 0.25) is 0 Å². The van der Waals surface area contributed by atoms with E-state index in [9.17, 15) is 0 Å². The van der Waals surface area contributed by atoms with Crippen LogP contribution in [0.3, 0.4) is 0 Å². The number of guanidine groups is 1. The lowest BCUT2D eigenvalue weighted by molar-refractivity contribution is 0.337. The first-order chi connectivity index (χ1) is 8.70. The first-order valence-electron chi connectivity index (χ1n) is 7.38. The lowest BCUT2D eigenvalue weighted by Gasteiger charge is -2.39. The van der Waals surface area contributed by atoms with Gasteiger partial charge in [-0.25, -0.2) is 0 Å². The first-order valence-corrected chi connectivity index (χ1v) is 8.43. The number of thioether (sulfide) groups is 1. The van der Waals surface area contributed by atoms with Crippen LogP contribution in [0.15, 0.2) is 4.99 Å². The van der Waals surface area contributed by atoms with Gasteiger partial charge in [0.15, 0.2) is 5.96 Å². The van der Waals surface area contributed by atoms with Gasteiger partial charge in [0.25, 0.3) is 0 Å². The van der Waals surface area contributed by atoms with E-state index in [-0.39, 0.29) is 0 Å². The van der Waals surface area contributed by atoms with Gasteiger partial charge in [0.05, 0.1) is 0 Å². The molecule has 1 saturated heterocycles. The van der Waals surface area contributed by atoms with Crippen molar-refractivity contribution < 1.29 is 0 Å². The lowest BCUT2D eigenvalue weighted by Crippen LogP contribution is -2.52. The molecule has 0 radical (unpaired) electrons. The fraction of sp³-hybridized carbons (Fsp3) is 0.929. The van der Waals surface area contributed by atoms with Crippen molar-refractivity contribution in [3.05, 3.63) is 0 Å². The molecule has 1 N–H and O–H groups in total. The van der Waals surface area contributed by atoms with Gasteiger partial charge in [-0.2, -0.15) is 11.8 Å². The second kappa shape index (κ2) is 6.69. The summed E-state index contributed by atoms with van der Waals surface area (Å²) in [6, 6.07) is 0.683. The summed E-state index contributed by atoms with van der Waals surface area (Å²) < 4.78 is 0. The summed E-state index contributed by atoms with van der Waals surface area (Å²) in [7, 11) is 0. The molecule has 0 amide bonds. The van der Waals surface area contributed by atoms with Gasteiger partial charge in [0.2, 0.25) is 0 Å². The Morgan fingerprint density at radius 1 is 1.44 bits per heavy atom. The van der Waals surface area contributed by atoms with Gasteiger partial charge in [0.1, 0.15) is 0 Å². The topological polar surface area (TPSA) is 27.6 Å². The molecule has 2 rings (SSSR count). The Labute approximate surface area is 116 Å². The number of nitrogens with zero attached hydrogens (tertiary/aromatic N) is 2. The molecular weight excluding hydrogens is 242 g/mol. The minimum absolute atomic E-state index is 0.683. The van der Waals surface area contributed by atoms with Crippen LogP contribution in [0.25, 0.3) is 0 Å². The van der Waals surface area contributed by atoms with Crippen molar-refractivity contribution in [3.63, 3.8) is 0 Å². The molecule has 0 aromatic carbocycles. The van der Waals surface area contributed by atoms with Crippen molar-refractivity contribution in [1.82, 2.24) is 10.2 Å². The third kappa shape index (κ3) is 3.56. The molecule has 1 saturated carbocycles. The molecule has 0 spiro atoms. The van der Waals surface area contributed by atoms with E-state index < -0.39 is 0 Å². The lowest BCUT2D eigenvalue weighted by atomic mass is 9.93. The maximum atomic E-state index is 4.69. The van der Waals surface area contributed by atoms with Gasteiger partial charge in [-0.15, -0.1) is 0 Å². The number of hydrogen-bond donors (Lipinski definition) is 1. The second-order valence-electron chi connectivity index (χ2n) is 5.67. The molecule has 18 heavy (non-hydrogen) atoms. The molecule has 2 fully saturated rings. The Morgan fingerprint density at radius 3 is 2.78 bits per heavy atom. The van der Waals surface area contributed by atoms with E-state index in [1.54, 1.807) is 0 Å². The summed E-state index contributed by atoms with van der Waals surface area (Å²) >= 11 is 2.12. The largest absolute Gasteiger partial charge is 0.354 e. The van der Waals surface area contributed by atoms with E-state index in [1.165, 1.54) is 25.0 Å². The summed E-state index contributed by atoms with van der Waals surface area (Å²) in [5, 5.41) is 4.40. The number of hydrogen-bond acceptors (Lipinski definition) is 2. The first kappa shape index (κ1) is 14.0. The summed E-state index contributed by atoms with van der Waals surface area (Å²) in [4.78, 5) is 7.16. The quantitative estimate of drug-likeness (QED) is 0.630. The van der Waals surface area contributed by atoms with Crippen LogP contribution in [0, 0.1) is 5.92 Å². The molecular formula is C14H27N3S. The van der Waals surface area contributed by atoms with E-state index in [2.05, 4.69) is 47.7 Å². The Bertz CT molecular complexity index is 287. The minimum Gasteiger partial charge on any atom is -0.354 e. The van der Waals surface area contributed by atoms with Crippen LogP contribution in [0.5, 0.6) is 0 Å². The number of aliphatic imine (C=N–C) groups is 1. The third-order valence-electron chi connectivity index (χ3n) is 3.88. The molecule has 1 heterocycles. The van der Waals surface area contributed by atoms with E-state index in [1.807, 2.05) is 0 Å². The number of rotatable bonds is 3. The van der Waals surface area contributed by atoms with E-state index >= 15 is 0 Å². The van der Waals surface area contributed by atoms with Gasteiger partial charge in [-0.05, 0) is 32.1 Å². The highest BCUT2D eigenvalue weighted by molar-refractivity contribution is 8.00. The van der Waals surface area contributed by atoms with Crippen LogP contribution in [0.1, 0.15) is 40.0 Å². The van der Waals surface area contributed by atoms with E-state index in [4.69, 9.17) is 0 Å². The summed E-state index contributed by atoms with van der Waals surface area (Å²) in [5.74, 6) is 3.15. The Kier molecular flexibility index (Phi) is 5.22. The predicted octanol–water partition coefficient (Wildman–Crippen LogP) is 2.58. The molecule has 2 aliphatic rings. The van der Waals surface area contributed by atoms with Crippen molar-refractivity contribution in [2.45, 2.75) is 51.3 Å². The molecule has 3 nitrogen and oxygen atoms in total. The van der Waals surface area contributed by atoms with Gasteiger partial charge >= 0.3 is 0 Å². The highest BCUT2D eigenvalue weighted by Crippen LogP contribution is 2.25. The second-order valence-corrected chi connectivity index (χ2v) is 7.02. The third-order valence-corrected chi connectivity index (χ3v) is 5.42. The molecule has 0 aromatic rings. The molecule has 104 valence electrons. The summed E-state index contributed by atoms with van der Waals surface area (Å²) in [5.41, 5.74) is 0. The molecule has 4 heteroatoms. The summed E-state index contributed by atoms with van der Waals surface area (Å²) in [6.45, 7) is 9.97. The van der Waals surface area contributed by atoms with Crippen molar-refractivity contribution >= 4 is 17.7 Å². The van der Waals surface area contributed by atoms with Crippen molar-refractivity contribution in [1.29, 1.82) is 0 Å². The standard InChI is InChI=1S/C14H27N3S/c1-4-15-14(16-12-6-5-7-12)17-8-9-18-13(10-17)11(2)3/h11-13H,4-10H2,1-3H3,(H,15,16). The summed E-state index contributed by atoms with van der Waals surface area (Å²) in [6.07, 6.45) is 4.01. The van der Waals surface area contributed by atoms with Crippen LogP contribution in [0.4, 0.5) is 0 Å². The molecule has 0 aromatic heterocycles. The van der Waals surface area contributed by atoms with Crippen LogP contribution >= 0.6 is 11.8 Å². The molecule has 1 aliphatic carbocycles. The Balaban J connectivity index is 1.94. The fourth-order valence-electron chi connectivity index (χ4n) is 2.39. The molecule has 1 unspecified atom stereocenters. The van der Waals surface area contributed by atoms with Crippen LogP contribution in [-0.2, 0) is 0 Å². The van der Waals surface area contributed by atoms with Crippen molar-refractivity contribution in [3.8, 4) is 0 Å². The SMILES string of the molecule is CCN=C(NC1CCC1)N1CCSC(C(C)C)C1. The van der Waals surface area contributed by atoms with E-state index in [0.29, 0.717) is 6.04 Å². The highest BCUT2D eigenvalue weighted by atomic mass is 32.2. The minimum atomic E-state index is 0.683. The van der Waals surface area contributed by atoms with Crippen LogP contribution in [-0.4, -0.2) is 47.5 Å². The average molecular weight is 269 g/mol. The predicted molar refractivity (Wildman–Crippen MR) is 81.4 cm³/mol.